The van der Waals surface area contributed by atoms with Crippen molar-refractivity contribution in [2.75, 3.05) is 0 Å². The van der Waals surface area contributed by atoms with Crippen molar-refractivity contribution in [2.45, 2.75) is 18.3 Å². The zero-order chi connectivity index (χ0) is 13.5. The molecule has 1 saturated carbocycles. The van der Waals surface area contributed by atoms with Gasteiger partial charge in [0, 0.05) is 10.9 Å². The molecule has 0 unspecified atom stereocenters. The van der Waals surface area contributed by atoms with Crippen LogP contribution < -0.4 is 0 Å². The van der Waals surface area contributed by atoms with Crippen molar-refractivity contribution in [1.29, 1.82) is 5.26 Å². The Morgan fingerprint density at radius 3 is 2.26 bits per heavy atom. The third-order valence-corrected chi connectivity index (χ3v) is 4.52. The van der Waals surface area contributed by atoms with Crippen molar-refractivity contribution in [2.24, 2.45) is 5.92 Å². The number of halogens is 1. The molecule has 0 aliphatic heterocycles. The van der Waals surface area contributed by atoms with Crippen LogP contribution in [0.3, 0.4) is 0 Å². The highest BCUT2D eigenvalue weighted by Gasteiger charge is 2.64. The van der Waals surface area contributed by atoms with Crippen LogP contribution in [-0.4, -0.2) is 0 Å². The average molecular weight is 268 g/mol. The fourth-order valence-electron chi connectivity index (χ4n) is 3.18. The summed E-state index contributed by atoms with van der Waals surface area (Å²) in [4.78, 5) is 0. The standard InChI is InChI=1S/C17H14ClN/c1-12-16(13-5-3-2-4-6-13)17(12,11-19)14-7-9-15(18)10-8-14/h2-10,12,16H,1H3/t12-,16+,17+/m0/s1. The lowest BCUT2D eigenvalue weighted by Crippen LogP contribution is -2.07. The summed E-state index contributed by atoms with van der Waals surface area (Å²) in [6.07, 6.45) is 0. The molecule has 0 bridgehead atoms. The molecule has 0 amide bonds. The number of benzene rings is 2. The predicted octanol–water partition coefficient (Wildman–Crippen LogP) is 4.53. The molecule has 1 aliphatic carbocycles. The first kappa shape index (κ1) is 12.3. The zero-order valence-corrected chi connectivity index (χ0v) is 11.4. The average Bonchev–Trinajstić information content (AvgIpc) is 3.06. The third-order valence-electron chi connectivity index (χ3n) is 4.27. The number of nitriles is 1. The first-order valence-corrected chi connectivity index (χ1v) is 6.80. The summed E-state index contributed by atoms with van der Waals surface area (Å²) in [6, 6.07) is 20.5. The lowest BCUT2D eigenvalue weighted by Gasteiger charge is -2.10. The maximum absolute atomic E-state index is 9.70. The van der Waals surface area contributed by atoms with Gasteiger partial charge in [-0.1, -0.05) is 61.0 Å². The van der Waals surface area contributed by atoms with Gasteiger partial charge < -0.3 is 0 Å². The van der Waals surface area contributed by atoms with Crippen molar-refractivity contribution in [3.05, 3.63) is 70.7 Å². The first-order chi connectivity index (χ1) is 9.20. The number of rotatable bonds is 2. The SMILES string of the molecule is C[C@H]1[C@H](c2ccccc2)[C@@]1(C#N)c1ccc(Cl)cc1. The molecule has 2 aromatic rings. The highest BCUT2D eigenvalue weighted by molar-refractivity contribution is 6.30. The molecule has 1 aliphatic rings. The molecule has 3 rings (SSSR count). The van der Waals surface area contributed by atoms with Gasteiger partial charge in [-0.2, -0.15) is 5.26 Å². The smallest absolute Gasteiger partial charge is 0.0925 e. The maximum atomic E-state index is 9.70. The molecular weight excluding hydrogens is 254 g/mol. The predicted molar refractivity (Wildman–Crippen MR) is 77.1 cm³/mol. The van der Waals surface area contributed by atoms with Gasteiger partial charge in [0.2, 0.25) is 0 Å². The van der Waals surface area contributed by atoms with Gasteiger partial charge in [-0.05, 0) is 29.2 Å². The fraction of sp³-hybridized carbons (Fsp3) is 0.235. The van der Waals surface area contributed by atoms with Gasteiger partial charge in [-0.25, -0.2) is 0 Å². The minimum Gasteiger partial charge on any atom is -0.197 e. The topological polar surface area (TPSA) is 23.8 Å². The van der Waals surface area contributed by atoms with Crippen LogP contribution in [0.15, 0.2) is 54.6 Å². The van der Waals surface area contributed by atoms with Crippen molar-refractivity contribution >= 4 is 11.6 Å². The van der Waals surface area contributed by atoms with E-state index in [2.05, 4.69) is 25.1 Å². The summed E-state index contributed by atoms with van der Waals surface area (Å²) < 4.78 is 0. The van der Waals surface area contributed by atoms with E-state index < -0.39 is 5.41 Å². The normalized spacial score (nSPS) is 28.7. The highest BCUT2D eigenvalue weighted by atomic mass is 35.5. The van der Waals surface area contributed by atoms with Gasteiger partial charge >= 0.3 is 0 Å². The largest absolute Gasteiger partial charge is 0.197 e. The van der Waals surface area contributed by atoms with Crippen LogP contribution >= 0.6 is 11.6 Å². The molecule has 2 heteroatoms. The molecule has 0 spiro atoms. The van der Waals surface area contributed by atoms with Gasteiger partial charge in [0.15, 0.2) is 0 Å². The van der Waals surface area contributed by atoms with Crippen molar-refractivity contribution in [3.63, 3.8) is 0 Å². The van der Waals surface area contributed by atoms with Crippen molar-refractivity contribution < 1.29 is 0 Å². The van der Waals surface area contributed by atoms with Gasteiger partial charge in [0.05, 0.1) is 11.5 Å². The molecule has 0 aromatic heterocycles. The summed E-state index contributed by atoms with van der Waals surface area (Å²) in [6.45, 7) is 2.15. The summed E-state index contributed by atoms with van der Waals surface area (Å²) in [7, 11) is 0. The van der Waals surface area contributed by atoms with Crippen LogP contribution in [0.25, 0.3) is 0 Å². The van der Waals surface area contributed by atoms with Gasteiger partial charge in [0.25, 0.3) is 0 Å². The third kappa shape index (κ3) is 1.76. The summed E-state index contributed by atoms with van der Waals surface area (Å²) in [5, 5.41) is 10.4. The van der Waals surface area contributed by atoms with E-state index >= 15 is 0 Å². The number of nitrogens with zero attached hydrogens (tertiary/aromatic N) is 1. The molecule has 1 fully saturated rings. The number of hydrogen-bond acceptors (Lipinski definition) is 1. The Kier molecular flexibility index (Phi) is 2.84. The van der Waals surface area contributed by atoms with E-state index in [-0.39, 0.29) is 5.92 Å². The minimum absolute atomic E-state index is 0.278. The summed E-state index contributed by atoms with van der Waals surface area (Å²) in [5.41, 5.74) is 1.92. The fourth-order valence-corrected chi connectivity index (χ4v) is 3.30. The Bertz CT molecular complexity index is 627. The van der Waals surface area contributed by atoms with E-state index in [0.717, 1.165) is 5.56 Å². The Morgan fingerprint density at radius 1 is 1.05 bits per heavy atom. The Hall–Kier alpha value is -1.78. The van der Waals surface area contributed by atoms with Gasteiger partial charge in [-0.3, -0.25) is 0 Å². The molecule has 0 saturated heterocycles. The molecule has 94 valence electrons. The van der Waals surface area contributed by atoms with Gasteiger partial charge in [-0.15, -0.1) is 0 Å². The molecule has 0 radical (unpaired) electrons. The molecule has 2 aromatic carbocycles. The maximum Gasteiger partial charge on any atom is 0.0925 e. The highest BCUT2D eigenvalue weighted by Crippen LogP contribution is 2.65. The molecule has 0 N–H and O–H groups in total. The monoisotopic (exact) mass is 267 g/mol. The summed E-state index contributed by atoms with van der Waals surface area (Å²) in [5.74, 6) is 0.612. The first-order valence-electron chi connectivity index (χ1n) is 6.42. The lowest BCUT2D eigenvalue weighted by atomic mass is 9.91. The van der Waals surface area contributed by atoms with Crippen LogP contribution in [-0.2, 0) is 5.41 Å². The molecule has 19 heavy (non-hydrogen) atoms. The van der Waals surface area contributed by atoms with E-state index in [1.807, 2.05) is 42.5 Å². The molecule has 1 nitrogen and oxygen atoms in total. The van der Waals surface area contributed by atoms with E-state index in [0.29, 0.717) is 10.9 Å². The second kappa shape index (κ2) is 4.40. The Balaban J connectivity index is 2.03. The molecule has 3 atom stereocenters. The quantitative estimate of drug-likeness (QED) is 0.784. The second-order valence-electron chi connectivity index (χ2n) is 5.16. The van der Waals surface area contributed by atoms with Gasteiger partial charge in [0.1, 0.15) is 0 Å². The summed E-state index contributed by atoms with van der Waals surface area (Å²) >= 11 is 5.93. The lowest BCUT2D eigenvalue weighted by molar-refractivity contribution is 0.790. The number of hydrogen-bond donors (Lipinski definition) is 0. The van der Waals surface area contributed by atoms with E-state index in [1.54, 1.807) is 0 Å². The van der Waals surface area contributed by atoms with Crippen LogP contribution in [0, 0.1) is 17.2 Å². The van der Waals surface area contributed by atoms with E-state index in [9.17, 15) is 5.26 Å². The Morgan fingerprint density at radius 2 is 1.68 bits per heavy atom. The van der Waals surface area contributed by atoms with E-state index in [4.69, 9.17) is 11.6 Å². The second-order valence-corrected chi connectivity index (χ2v) is 5.60. The van der Waals surface area contributed by atoms with Crippen LogP contribution in [0.2, 0.25) is 5.02 Å². The molecular formula is C17H14ClN. The molecule has 0 heterocycles. The van der Waals surface area contributed by atoms with Crippen LogP contribution in [0.5, 0.6) is 0 Å². The van der Waals surface area contributed by atoms with Crippen molar-refractivity contribution in [3.8, 4) is 6.07 Å². The zero-order valence-electron chi connectivity index (χ0n) is 10.7. The van der Waals surface area contributed by atoms with Crippen LogP contribution in [0.4, 0.5) is 0 Å². The van der Waals surface area contributed by atoms with Crippen molar-refractivity contribution in [1.82, 2.24) is 0 Å². The van der Waals surface area contributed by atoms with Crippen LogP contribution in [0.1, 0.15) is 24.0 Å². The minimum atomic E-state index is -0.397. The van der Waals surface area contributed by atoms with E-state index in [1.165, 1.54) is 5.56 Å². The Labute approximate surface area is 118 Å².